The first-order valence-corrected chi connectivity index (χ1v) is 9.88. The van der Waals surface area contributed by atoms with Crippen molar-refractivity contribution in [1.82, 2.24) is 4.98 Å². The van der Waals surface area contributed by atoms with Gasteiger partial charge in [0.25, 0.3) is 0 Å². The molecule has 158 valence electrons. The van der Waals surface area contributed by atoms with Gasteiger partial charge in [-0.2, -0.15) is 18.4 Å². The van der Waals surface area contributed by atoms with E-state index in [2.05, 4.69) is 21.3 Å². The molecule has 1 N–H and O–H groups in total. The van der Waals surface area contributed by atoms with Crippen molar-refractivity contribution < 1.29 is 18.0 Å². The summed E-state index contributed by atoms with van der Waals surface area (Å²) >= 11 is 0. The summed E-state index contributed by atoms with van der Waals surface area (Å²) in [5, 5.41) is 13.0. The zero-order valence-corrected chi connectivity index (χ0v) is 16.5. The van der Waals surface area contributed by atoms with Gasteiger partial charge < -0.3 is 10.2 Å². The van der Waals surface area contributed by atoms with Crippen molar-refractivity contribution in [3.8, 4) is 6.07 Å². The van der Waals surface area contributed by atoms with Crippen LogP contribution in [0, 0.1) is 17.2 Å². The molecule has 0 spiro atoms. The Balaban J connectivity index is 1.47. The van der Waals surface area contributed by atoms with E-state index in [9.17, 15) is 23.2 Å². The van der Waals surface area contributed by atoms with Crippen molar-refractivity contribution in [2.45, 2.75) is 19.0 Å². The van der Waals surface area contributed by atoms with E-state index in [0.29, 0.717) is 31.5 Å². The number of para-hydroxylation sites is 1. The monoisotopic (exact) mass is 424 g/mol. The predicted octanol–water partition coefficient (Wildman–Crippen LogP) is 4.98. The molecule has 5 nitrogen and oxygen atoms in total. The number of aromatic nitrogens is 1. The standard InChI is InChI=1S/C23H19F3N4O/c24-23(25,26)17-4-3-5-18(12-17)29-22(31)15-8-10-30(11-9-15)21-16(13-27)14-28-20-7-2-1-6-19(20)21/h1-7,12,14-15H,8-11H2,(H,29,31). The fraction of sp³-hybridized carbons (Fsp3) is 0.261. The fourth-order valence-electron chi connectivity index (χ4n) is 3.93. The second-order valence-electron chi connectivity index (χ2n) is 7.48. The lowest BCUT2D eigenvalue weighted by Gasteiger charge is -2.34. The fourth-order valence-corrected chi connectivity index (χ4v) is 3.93. The molecule has 0 radical (unpaired) electrons. The van der Waals surface area contributed by atoms with Crippen LogP contribution in [0.2, 0.25) is 0 Å². The molecule has 1 aliphatic rings. The average molecular weight is 424 g/mol. The van der Waals surface area contributed by atoms with E-state index < -0.39 is 11.7 Å². The Hall–Kier alpha value is -3.60. The molecule has 8 heteroatoms. The molecule has 0 bridgehead atoms. The summed E-state index contributed by atoms with van der Waals surface area (Å²) in [7, 11) is 0. The number of halogens is 3. The van der Waals surface area contributed by atoms with Crippen molar-refractivity contribution in [3.63, 3.8) is 0 Å². The number of nitrogens with zero attached hydrogens (tertiary/aromatic N) is 3. The summed E-state index contributed by atoms with van der Waals surface area (Å²) in [6.07, 6.45) is -1.83. The highest BCUT2D eigenvalue weighted by atomic mass is 19.4. The van der Waals surface area contributed by atoms with Gasteiger partial charge in [-0.15, -0.1) is 0 Å². The summed E-state index contributed by atoms with van der Waals surface area (Å²) in [6, 6.07) is 14.4. The molecule has 0 saturated carbocycles. The average Bonchev–Trinajstić information content (AvgIpc) is 2.78. The van der Waals surface area contributed by atoms with Gasteiger partial charge >= 0.3 is 6.18 Å². The van der Waals surface area contributed by atoms with Crippen LogP contribution in [0.15, 0.2) is 54.7 Å². The minimum Gasteiger partial charge on any atom is -0.370 e. The molecule has 3 aromatic rings. The Morgan fingerprint density at radius 1 is 1.13 bits per heavy atom. The Labute approximate surface area is 177 Å². The van der Waals surface area contributed by atoms with Crippen molar-refractivity contribution in [2.24, 2.45) is 5.92 Å². The van der Waals surface area contributed by atoms with Gasteiger partial charge in [0.1, 0.15) is 6.07 Å². The van der Waals surface area contributed by atoms with E-state index in [1.807, 2.05) is 24.3 Å². The van der Waals surface area contributed by atoms with Gasteiger partial charge in [-0.1, -0.05) is 24.3 Å². The third-order valence-corrected chi connectivity index (χ3v) is 5.51. The number of carbonyl (C=O) groups is 1. The van der Waals surface area contributed by atoms with Gasteiger partial charge in [0, 0.05) is 36.3 Å². The highest BCUT2D eigenvalue weighted by molar-refractivity contribution is 5.95. The number of piperidine rings is 1. The summed E-state index contributed by atoms with van der Waals surface area (Å²) < 4.78 is 38.7. The van der Waals surface area contributed by atoms with Crippen molar-refractivity contribution >= 4 is 28.2 Å². The summed E-state index contributed by atoms with van der Waals surface area (Å²) in [5.41, 5.74) is 1.42. The topological polar surface area (TPSA) is 69.0 Å². The largest absolute Gasteiger partial charge is 0.416 e. The second-order valence-corrected chi connectivity index (χ2v) is 7.48. The third kappa shape index (κ3) is 4.31. The van der Waals surface area contributed by atoms with Gasteiger partial charge in [0.2, 0.25) is 5.91 Å². The zero-order chi connectivity index (χ0) is 22.0. The number of nitrogens with one attached hydrogen (secondary N) is 1. The van der Waals surface area contributed by atoms with Crippen LogP contribution in [0.25, 0.3) is 10.9 Å². The summed E-state index contributed by atoms with van der Waals surface area (Å²) in [4.78, 5) is 19.0. The molecule has 1 fully saturated rings. The summed E-state index contributed by atoms with van der Waals surface area (Å²) in [5.74, 6) is -0.608. The maximum atomic E-state index is 12.9. The van der Waals surface area contributed by atoms with Crippen LogP contribution in [0.5, 0.6) is 0 Å². The molecular weight excluding hydrogens is 405 g/mol. The van der Waals surface area contributed by atoms with E-state index in [1.54, 1.807) is 6.20 Å². The van der Waals surface area contributed by atoms with Crippen LogP contribution < -0.4 is 10.2 Å². The molecule has 1 aliphatic heterocycles. The first kappa shape index (κ1) is 20.7. The van der Waals surface area contributed by atoms with Gasteiger partial charge in [0.15, 0.2) is 0 Å². The van der Waals surface area contributed by atoms with E-state index in [4.69, 9.17) is 0 Å². The molecule has 0 aliphatic carbocycles. The van der Waals surface area contributed by atoms with Crippen LogP contribution >= 0.6 is 0 Å². The first-order chi connectivity index (χ1) is 14.9. The maximum Gasteiger partial charge on any atom is 0.416 e. The minimum atomic E-state index is -4.46. The molecule has 0 unspecified atom stereocenters. The number of hydrogen-bond donors (Lipinski definition) is 1. The molecule has 0 atom stereocenters. The van der Waals surface area contributed by atoms with E-state index in [1.165, 1.54) is 12.1 Å². The quantitative estimate of drug-likeness (QED) is 0.644. The lowest BCUT2D eigenvalue weighted by molar-refractivity contribution is -0.137. The van der Waals surface area contributed by atoms with E-state index in [0.717, 1.165) is 28.7 Å². The van der Waals surface area contributed by atoms with Crippen LogP contribution in [-0.4, -0.2) is 24.0 Å². The SMILES string of the molecule is N#Cc1cnc2ccccc2c1N1CCC(C(=O)Nc2cccc(C(F)(F)F)c2)CC1. The number of alkyl halides is 3. The van der Waals surface area contributed by atoms with E-state index in [-0.39, 0.29) is 17.5 Å². The third-order valence-electron chi connectivity index (χ3n) is 5.51. The molecule has 4 rings (SSSR count). The number of amides is 1. The lowest BCUT2D eigenvalue weighted by Crippen LogP contribution is -2.38. The number of benzene rings is 2. The Morgan fingerprint density at radius 2 is 1.87 bits per heavy atom. The normalized spacial score (nSPS) is 15.0. The van der Waals surface area contributed by atoms with Gasteiger partial charge in [-0.05, 0) is 37.1 Å². The predicted molar refractivity (Wildman–Crippen MR) is 111 cm³/mol. The number of anilines is 2. The van der Waals surface area contributed by atoms with Gasteiger partial charge in [-0.25, -0.2) is 0 Å². The molecule has 2 aromatic carbocycles. The van der Waals surface area contributed by atoms with Gasteiger partial charge in [-0.3, -0.25) is 9.78 Å². The van der Waals surface area contributed by atoms with Crippen LogP contribution in [0.3, 0.4) is 0 Å². The highest BCUT2D eigenvalue weighted by Crippen LogP contribution is 2.33. The number of carbonyl (C=O) groups excluding carboxylic acids is 1. The maximum absolute atomic E-state index is 12.9. The number of pyridine rings is 1. The first-order valence-electron chi connectivity index (χ1n) is 9.88. The van der Waals surface area contributed by atoms with Gasteiger partial charge in [0.05, 0.1) is 22.3 Å². The number of fused-ring (bicyclic) bond motifs is 1. The zero-order valence-electron chi connectivity index (χ0n) is 16.5. The van der Waals surface area contributed by atoms with Crippen molar-refractivity contribution in [2.75, 3.05) is 23.3 Å². The Morgan fingerprint density at radius 3 is 2.58 bits per heavy atom. The molecule has 1 aromatic heterocycles. The molecule has 1 saturated heterocycles. The number of nitriles is 1. The summed E-state index contributed by atoms with van der Waals surface area (Å²) in [6.45, 7) is 1.12. The van der Waals surface area contributed by atoms with Crippen LogP contribution in [-0.2, 0) is 11.0 Å². The Kier molecular flexibility index (Phi) is 5.51. The second kappa shape index (κ2) is 8.26. The number of hydrogen-bond acceptors (Lipinski definition) is 4. The minimum absolute atomic E-state index is 0.133. The van der Waals surface area contributed by atoms with Crippen LogP contribution in [0.1, 0.15) is 24.0 Å². The molecule has 1 amide bonds. The van der Waals surface area contributed by atoms with Crippen LogP contribution in [0.4, 0.5) is 24.5 Å². The molecule has 2 heterocycles. The number of rotatable bonds is 3. The Bertz CT molecular complexity index is 1160. The lowest BCUT2D eigenvalue weighted by atomic mass is 9.94. The smallest absolute Gasteiger partial charge is 0.370 e. The highest BCUT2D eigenvalue weighted by Gasteiger charge is 2.31. The van der Waals surface area contributed by atoms with Crippen molar-refractivity contribution in [1.29, 1.82) is 5.26 Å². The van der Waals surface area contributed by atoms with Crippen molar-refractivity contribution in [3.05, 3.63) is 65.9 Å². The molecule has 31 heavy (non-hydrogen) atoms. The molecular formula is C23H19F3N4O. The van der Waals surface area contributed by atoms with E-state index >= 15 is 0 Å².